The van der Waals surface area contributed by atoms with Crippen LogP contribution in [0.1, 0.15) is 29.5 Å². The highest BCUT2D eigenvalue weighted by Crippen LogP contribution is 2.34. The summed E-state index contributed by atoms with van der Waals surface area (Å²) in [5.74, 6) is -3.53. The molecule has 36 heavy (non-hydrogen) atoms. The molecule has 0 saturated carbocycles. The van der Waals surface area contributed by atoms with E-state index in [-0.39, 0.29) is 17.7 Å². The number of ether oxygens (including phenoxy) is 1. The SMILES string of the molecule is O=C(O)CC(NC(=O)[C@@H]1CCc2ccccc2N1C(=O)OCc1ccccc1C(F)(F)F)C(=O)CF. The van der Waals surface area contributed by atoms with E-state index in [0.717, 1.165) is 17.0 Å². The van der Waals surface area contributed by atoms with Gasteiger partial charge in [-0.1, -0.05) is 36.4 Å². The molecule has 2 atom stereocenters. The average Bonchev–Trinajstić information content (AvgIpc) is 2.84. The number of carboxylic acid groups (broad SMARTS) is 1. The van der Waals surface area contributed by atoms with E-state index in [0.29, 0.717) is 12.0 Å². The summed E-state index contributed by atoms with van der Waals surface area (Å²) in [5.41, 5.74) is -0.340. The Morgan fingerprint density at radius 2 is 1.75 bits per heavy atom. The van der Waals surface area contributed by atoms with Crippen LogP contribution in [0.15, 0.2) is 48.5 Å². The van der Waals surface area contributed by atoms with Crippen molar-refractivity contribution in [3.63, 3.8) is 0 Å². The quantitative estimate of drug-likeness (QED) is 0.524. The van der Waals surface area contributed by atoms with Crippen LogP contribution in [-0.2, 0) is 38.3 Å². The van der Waals surface area contributed by atoms with Gasteiger partial charge in [0, 0.05) is 5.56 Å². The summed E-state index contributed by atoms with van der Waals surface area (Å²) < 4.78 is 58.0. The number of carbonyl (C=O) groups is 4. The molecule has 1 unspecified atom stereocenters. The van der Waals surface area contributed by atoms with Gasteiger partial charge in [0.1, 0.15) is 25.4 Å². The van der Waals surface area contributed by atoms with E-state index < -0.39 is 67.3 Å². The molecule has 0 spiro atoms. The summed E-state index contributed by atoms with van der Waals surface area (Å²) in [7, 11) is 0. The number of fused-ring (bicyclic) bond motifs is 1. The molecule has 8 nitrogen and oxygen atoms in total. The van der Waals surface area contributed by atoms with Crippen LogP contribution >= 0.6 is 0 Å². The van der Waals surface area contributed by atoms with Crippen molar-refractivity contribution in [2.24, 2.45) is 0 Å². The van der Waals surface area contributed by atoms with Crippen LogP contribution in [0.2, 0.25) is 0 Å². The zero-order valence-corrected chi connectivity index (χ0v) is 18.8. The maximum atomic E-state index is 13.3. The fourth-order valence-electron chi connectivity index (χ4n) is 3.93. The van der Waals surface area contributed by atoms with E-state index in [4.69, 9.17) is 9.84 Å². The molecule has 0 bridgehead atoms. The van der Waals surface area contributed by atoms with Crippen molar-refractivity contribution in [3.8, 4) is 0 Å². The third-order valence-corrected chi connectivity index (χ3v) is 5.64. The van der Waals surface area contributed by atoms with E-state index >= 15 is 0 Å². The summed E-state index contributed by atoms with van der Waals surface area (Å²) >= 11 is 0. The van der Waals surface area contributed by atoms with Crippen LogP contribution in [0.25, 0.3) is 0 Å². The first-order valence-corrected chi connectivity index (χ1v) is 10.8. The molecule has 2 amide bonds. The van der Waals surface area contributed by atoms with Crippen molar-refractivity contribution in [1.82, 2.24) is 5.32 Å². The average molecular weight is 510 g/mol. The molecule has 0 aromatic heterocycles. The van der Waals surface area contributed by atoms with Gasteiger partial charge >= 0.3 is 18.2 Å². The molecule has 0 saturated heterocycles. The van der Waals surface area contributed by atoms with Crippen LogP contribution in [0.4, 0.5) is 28.0 Å². The number of aryl methyl sites for hydroxylation is 1. The Morgan fingerprint density at radius 3 is 2.42 bits per heavy atom. The van der Waals surface area contributed by atoms with Gasteiger partial charge in [0.25, 0.3) is 0 Å². The third kappa shape index (κ3) is 6.18. The summed E-state index contributed by atoms with van der Waals surface area (Å²) in [6.45, 7) is -2.24. The van der Waals surface area contributed by atoms with Crippen LogP contribution < -0.4 is 10.2 Å². The Hall–Kier alpha value is -3.96. The van der Waals surface area contributed by atoms with Gasteiger partial charge in [-0.3, -0.25) is 19.3 Å². The lowest BCUT2D eigenvalue weighted by Gasteiger charge is -2.36. The normalized spacial score (nSPS) is 16.0. The first-order chi connectivity index (χ1) is 17.0. The van der Waals surface area contributed by atoms with Gasteiger partial charge in [0.05, 0.1) is 17.7 Å². The smallest absolute Gasteiger partial charge is 0.416 e. The maximum absolute atomic E-state index is 13.3. The Balaban J connectivity index is 1.86. The second-order valence-electron chi connectivity index (χ2n) is 8.02. The Kier molecular flexibility index (Phi) is 8.28. The number of benzene rings is 2. The van der Waals surface area contributed by atoms with Crippen molar-refractivity contribution in [2.75, 3.05) is 11.6 Å². The van der Waals surface area contributed by atoms with Crippen molar-refractivity contribution in [2.45, 2.75) is 44.1 Å². The molecular formula is C24H22F4N2O6. The van der Waals surface area contributed by atoms with Gasteiger partial charge in [0.2, 0.25) is 5.91 Å². The highest BCUT2D eigenvalue weighted by Gasteiger charge is 2.39. The number of nitrogens with one attached hydrogen (secondary N) is 1. The minimum atomic E-state index is -4.68. The number of aliphatic carboxylic acids is 1. The monoisotopic (exact) mass is 510 g/mol. The van der Waals surface area contributed by atoms with Gasteiger partial charge in [-0.15, -0.1) is 0 Å². The van der Waals surface area contributed by atoms with Crippen molar-refractivity contribution < 1.29 is 46.6 Å². The molecule has 0 aliphatic carbocycles. The lowest BCUT2D eigenvalue weighted by atomic mass is 9.95. The molecule has 1 heterocycles. The molecule has 0 radical (unpaired) electrons. The van der Waals surface area contributed by atoms with Crippen molar-refractivity contribution in [1.29, 1.82) is 0 Å². The number of hydrogen-bond donors (Lipinski definition) is 2. The zero-order chi connectivity index (χ0) is 26.5. The first kappa shape index (κ1) is 26.6. The van der Waals surface area contributed by atoms with Crippen molar-refractivity contribution >= 4 is 29.4 Å². The zero-order valence-electron chi connectivity index (χ0n) is 18.8. The third-order valence-electron chi connectivity index (χ3n) is 5.64. The number of halogens is 4. The Morgan fingerprint density at radius 1 is 1.08 bits per heavy atom. The van der Waals surface area contributed by atoms with E-state index in [1.54, 1.807) is 18.2 Å². The summed E-state index contributed by atoms with van der Waals surface area (Å²) in [5, 5.41) is 11.2. The minimum absolute atomic E-state index is 0.0424. The number of carbonyl (C=O) groups excluding carboxylic acids is 3. The predicted molar refractivity (Wildman–Crippen MR) is 118 cm³/mol. The van der Waals surface area contributed by atoms with E-state index in [2.05, 4.69) is 5.32 Å². The van der Waals surface area contributed by atoms with Gasteiger partial charge in [-0.05, 0) is 30.5 Å². The van der Waals surface area contributed by atoms with E-state index in [1.807, 2.05) is 0 Å². The highest BCUT2D eigenvalue weighted by molar-refractivity contribution is 6.01. The lowest BCUT2D eigenvalue weighted by molar-refractivity contribution is -0.140. The highest BCUT2D eigenvalue weighted by atomic mass is 19.4. The summed E-state index contributed by atoms with van der Waals surface area (Å²) in [6.07, 6.45) is -6.29. The summed E-state index contributed by atoms with van der Waals surface area (Å²) in [4.78, 5) is 49.9. The molecule has 0 fully saturated rings. The number of rotatable bonds is 8. The molecule has 2 aromatic carbocycles. The molecule has 192 valence electrons. The molecule has 3 rings (SSSR count). The number of ketones is 1. The molecule has 2 N–H and O–H groups in total. The lowest BCUT2D eigenvalue weighted by Crippen LogP contribution is -2.55. The minimum Gasteiger partial charge on any atom is -0.481 e. The van der Waals surface area contributed by atoms with E-state index in [9.17, 15) is 36.7 Å². The van der Waals surface area contributed by atoms with Crippen LogP contribution in [0.3, 0.4) is 0 Å². The second kappa shape index (κ2) is 11.2. The Labute approximate surface area is 202 Å². The van der Waals surface area contributed by atoms with Gasteiger partial charge in [0.15, 0.2) is 5.78 Å². The second-order valence-corrected chi connectivity index (χ2v) is 8.02. The van der Waals surface area contributed by atoms with Crippen LogP contribution in [0, 0.1) is 0 Å². The Bertz CT molecular complexity index is 1150. The number of amides is 2. The molecule has 1 aliphatic heterocycles. The number of Topliss-reactive ketones (excluding diaryl/α,β-unsaturated/α-hetero) is 1. The van der Waals surface area contributed by atoms with E-state index in [1.165, 1.54) is 18.2 Å². The predicted octanol–water partition coefficient (Wildman–Crippen LogP) is 3.66. The fourth-order valence-corrected chi connectivity index (χ4v) is 3.93. The summed E-state index contributed by atoms with van der Waals surface area (Å²) in [6, 6.07) is 8.11. The standard InChI is InChI=1S/C24H22F4N2O6/c25-12-20(31)17(11-21(32)33)29-22(34)19-10-9-14-5-2-4-8-18(14)30(19)23(35)36-13-15-6-1-3-7-16(15)24(26,27)28/h1-8,17,19H,9-13H2,(H,29,34)(H,32,33)/t17?,19-/m0/s1. The number of carboxylic acids is 1. The molecule has 2 aromatic rings. The van der Waals surface area contributed by atoms with Gasteiger partial charge in [-0.2, -0.15) is 13.2 Å². The van der Waals surface area contributed by atoms with Crippen molar-refractivity contribution in [3.05, 3.63) is 65.2 Å². The molecule has 12 heteroatoms. The largest absolute Gasteiger partial charge is 0.481 e. The van der Waals surface area contributed by atoms with Crippen LogP contribution in [0.5, 0.6) is 0 Å². The number of hydrogen-bond acceptors (Lipinski definition) is 5. The number of nitrogens with zero attached hydrogens (tertiary/aromatic N) is 1. The van der Waals surface area contributed by atoms with Crippen LogP contribution in [-0.4, -0.2) is 47.6 Å². The maximum Gasteiger partial charge on any atom is 0.416 e. The number of para-hydroxylation sites is 1. The van der Waals surface area contributed by atoms with Gasteiger partial charge < -0.3 is 15.2 Å². The topological polar surface area (TPSA) is 113 Å². The molecule has 1 aliphatic rings. The number of alkyl halides is 4. The molecular weight excluding hydrogens is 488 g/mol. The first-order valence-electron chi connectivity index (χ1n) is 10.8. The number of anilines is 1. The fraction of sp³-hybridized carbons (Fsp3) is 0.333. The van der Waals surface area contributed by atoms with Gasteiger partial charge in [-0.25, -0.2) is 9.18 Å².